The monoisotopic (exact) mass is 198 g/mol. The molecule has 2 rings (SSSR count). The Hall–Kier alpha value is -0.450. The van der Waals surface area contributed by atoms with E-state index in [1.807, 2.05) is 12.3 Å². The van der Waals surface area contributed by atoms with E-state index in [2.05, 4.69) is 4.37 Å². The van der Waals surface area contributed by atoms with Crippen molar-refractivity contribution in [3.05, 3.63) is 17.1 Å². The van der Waals surface area contributed by atoms with Crippen molar-refractivity contribution in [3.8, 4) is 0 Å². The smallest absolute Gasteiger partial charge is 0.0992 e. The van der Waals surface area contributed by atoms with E-state index < -0.39 is 11.6 Å². The molecule has 0 saturated heterocycles. The maximum absolute atomic E-state index is 9.99. The molecule has 0 amide bonds. The van der Waals surface area contributed by atoms with E-state index in [-0.39, 0.29) is 0 Å². The van der Waals surface area contributed by atoms with E-state index in [9.17, 15) is 5.11 Å². The molecule has 1 saturated carbocycles. The summed E-state index contributed by atoms with van der Waals surface area (Å²) in [6.45, 7) is 1.92. The van der Waals surface area contributed by atoms with Gasteiger partial charge in [0.05, 0.1) is 6.10 Å². The van der Waals surface area contributed by atoms with Crippen molar-refractivity contribution in [3.63, 3.8) is 0 Å². The number of aromatic nitrogens is 1. The van der Waals surface area contributed by atoms with Gasteiger partial charge in [0, 0.05) is 22.7 Å². The SMILES string of the molecule is CC(N)(C1CC1)C(O)c1cnsc1. The van der Waals surface area contributed by atoms with Crippen LogP contribution < -0.4 is 5.73 Å². The highest BCUT2D eigenvalue weighted by atomic mass is 32.1. The highest BCUT2D eigenvalue weighted by Crippen LogP contribution is 2.44. The highest BCUT2D eigenvalue weighted by molar-refractivity contribution is 7.03. The Morgan fingerprint density at radius 3 is 2.92 bits per heavy atom. The molecule has 4 heteroatoms. The van der Waals surface area contributed by atoms with Crippen molar-refractivity contribution in [2.45, 2.75) is 31.4 Å². The summed E-state index contributed by atoms with van der Waals surface area (Å²) in [6, 6.07) is 0. The molecular formula is C9H14N2OS. The Balaban J connectivity index is 2.15. The molecule has 0 bridgehead atoms. The van der Waals surface area contributed by atoms with Gasteiger partial charge < -0.3 is 10.8 Å². The van der Waals surface area contributed by atoms with Crippen LogP contribution in [0.2, 0.25) is 0 Å². The maximum Gasteiger partial charge on any atom is 0.0992 e. The molecule has 1 fully saturated rings. The first kappa shape index (κ1) is 9.12. The fraction of sp³-hybridized carbons (Fsp3) is 0.667. The standard InChI is InChI=1S/C9H14N2OS/c1-9(10,7-2-3-7)8(12)6-4-11-13-5-6/h4-5,7-8,12H,2-3,10H2,1H3. The van der Waals surface area contributed by atoms with Crippen LogP contribution in [0, 0.1) is 5.92 Å². The molecule has 0 spiro atoms. The molecule has 0 radical (unpaired) electrons. The molecule has 0 aliphatic heterocycles. The number of aliphatic hydroxyl groups is 1. The van der Waals surface area contributed by atoms with Crippen molar-refractivity contribution in [1.82, 2.24) is 4.37 Å². The van der Waals surface area contributed by atoms with Crippen LogP contribution in [0.3, 0.4) is 0 Å². The molecule has 1 aromatic rings. The second kappa shape index (κ2) is 3.04. The first-order valence-electron chi connectivity index (χ1n) is 4.48. The summed E-state index contributed by atoms with van der Waals surface area (Å²) < 4.78 is 3.96. The summed E-state index contributed by atoms with van der Waals surface area (Å²) in [5, 5.41) is 11.8. The summed E-state index contributed by atoms with van der Waals surface area (Å²) in [7, 11) is 0. The van der Waals surface area contributed by atoms with Gasteiger partial charge in [0.25, 0.3) is 0 Å². The maximum atomic E-state index is 9.99. The van der Waals surface area contributed by atoms with Crippen molar-refractivity contribution >= 4 is 11.5 Å². The van der Waals surface area contributed by atoms with Gasteiger partial charge in [-0.3, -0.25) is 0 Å². The molecule has 0 aromatic carbocycles. The molecular weight excluding hydrogens is 184 g/mol. The molecule has 3 nitrogen and oxygen atoms in total. The fourth-order valence-electron chi connectivity index (χ4n) is 1.64. The molecule has 1 heterocycles. The number of hydrogen-bond donors (Lipinski definition) is 2. The Morgan fingerprint density at radius 2 is 2.46 bits per heavy atom. The van der Waals surface area contributed by atoms with Crippen LogP contribution in [0.5, 0.6) is 0 Å². The number of nitrogens with zero attached hydrogens (tertiary/aromatic N) is 1. The third-order valence-electron chi connectivity index (χ3n) is 2.81. The molecule has 13 heavy (non-hydrogen) atoms. The first-order valence-corrected chi connectivity index (χ1v) is 5.32. The van der Waals surface area contributed by atoms with E-state index >= 15 is 0 Å². The lowest BCUT2D eigenvalue weighted by atomic mass is 9.87. The van der Waals surface area contributed by atoms with Gasteiger partial charge in [-0.2, -0.15) is 0 Å². The zero-order valence-electron chi connectivity index (χ0n) is 7.60. The quantitative estimate of drug-likeness (QED) is 0.769. The Morgan fingerprint density at radius 1 is 1.77 bits per heavy atom. The van der Waals surface area contributed by atoms with Gasteiger partial charge in [0.1, 0.15) is 0 Å². The second-order valence-corrected chi connectivity index (χ2v) is 4.66. The summed E-state index contributed by atoms with van der Waals surface area (Å²) >= 11 is 1.35. The van der Waals surface area contributed by atoms with E-state index in [4.69, 9.17) is 5.73 Å². The predicted molar refractivity (Wildman–Crippen MR) is 52.4 cm³/mol. The topological polar surface area (TPSA) is 59.1 Å². The van der Waals surface area contributed by atoms with E-state index in [0.29, 0.717) is 5.92 Å². The molecule has 3 N–H and O–H groups in total. The Bertz CT molecular complexity index is 280. The lowest BCUT2D eigenvalue weighted by Crippen LogP contribution is -2.44. The van der Waals surface area contributed by atoms with Gasteiger partial charge in [0.2, 0.25) is 0 Å². The van der Waals surface area contributed by atoms with Crippen molar-refractivity contribution in [2.24, 2.45) is 11.7 Å². The number of aliphatic hydroxyl groups excluding tert-OH is 1. The zero-order chi connectivity index (χ0) is 9.47. The normalized spacial score (nSPS) is 23.9. The lowest BCUT2D eigenvalue weighted by molar-refractivity contribution is 0.0810. The van der Waals surface area contributed by atoms with Crippen molar-refractivity contribution in [2.75, 3.05) is 0 Å². The van der Waals surface area contributed by atoms with Gasteiger partial charge in [0.15, 0.2) is 0 Å². The van der Waals surface area contributed by atoms with Gasteiger partial charge in [-0.15, -0.1) is 0 Å². The van der Waals surface area contributed by atoms with E-state index in [1.54, 1.807) is 6.20 Å². The third kappa shape index (κ3) is 1.61. The van der Waals surface area contributed by atoms with Crippen LogP contribution in [0.15, 0.2) is 11.6 Å². The van der Waals surface area contributed by atoms with E-state index in [0.717, 1.165) is 18.4 Å². The van der Waals surface area contributed by atoms with Crippen LogP contribution >= 0.6 is 11.5 Å². The molecule has 72 valence electrons. The Labute approximate surface area is 81.8 Å². The molecule has 1 aliphatic carbocycles. The zero-order valence-corrected chi connectivity index (χ0v) is 8.42. The van der Waals surface area contributed by atoms with Crippen molar-refractivity contribution in [1.29, 1.82) is 0 Å². The van der Waals surface area contributed by atoms with E-state index in [1.165, 1.54) is 11.5 Å². The minimum atomic E-state index is -0.571. The predicted octanol–water partition coefficient (Wildman–Crippen LogP) is 1.30. The van der Waals surface area contributed by atoms with Crippen LogP contribution in [0.25, 0.3) is 0 Å². The van der Waals surface area contributed by atoms with Crippen LogP contribution in [-0.4, -0.2) is 15.0 Å². The van der Waals surface area contributed by atoms with Crippen LogP contribution in [0.4, 0.5) is 0 Å². The molecule has 2 atom stereocenters. The molecule has 1 aromatic heterocycles. The van der Waals surface area contributed by atoms with Gasteiger partial charge >= 0.3 is 0 Å². The summed E-state index contributed by atoms with van der Waals surface area (Å²) in [4.78, 5) is 0. The van der Waals surface area contributed by atoms with Crippen LogP contribution in [0.1, 0.15) is 31.4 Å². The summed E-state index contributed by atoms with van der Waals surface area (Å²) in [5.41, 5.74) is 6.45. The third-order valence-corrected chi connectivity index (χ3v) is 3.42. The minimum absolute atomic E-state index is 0.474. The van der Waals surface area contributed by atoms with Crippen LogP contribution in [-0.2, 0) is 0 Å². The Kier molecular flexibility index (Phi) is 2.14. The number of rotatable bonds is 3. The highest BCUT2D eigenvalue weighted by Gasteiger charge is 2.44. The number of hydrogen-bond acceptors (Lipinski definition) is 4. The average molecular weight is 198 g/mol. The first-order chi connectivity index (χ1) is 6.12. The fourth-order valence-corrected chi connectivity index (χ4v) is 2.19. The summed E-state index contributed by atoms with van der Waals surface area (Å²) in [5.74, 6) is 0.474. The van der Waals surface area contributed by atoms with Gasteiger partial charge in [-0.25, -0.2) is 4.37 Å². The lowest BCUT2D eigenvalue weighted by Gasteiger charge is -2.29. The minimum Gasteiger partial charge on any atom is -0.386 e. The summed E-state index contributed by atoms with van der Waals surface area (Å²) in [6.07, 6.45) is 3.41. The second-order valence-electron chi connectivity index (χ2n) is 4.00. The largest absolute Gasteiger partial charge is 0.386 e. The average Bonchev–Trinajstić information content (AvgIpc) is 2.82. The number of nitrogens with two attached hydrogens (primary N) is 1. The molecule has 1 aliphatic rings. The van der Waals surface area contributed by atoms with Crippen molar-refractivity contribution < 1.29 is 5.11 Å². The van der Waals surface area contributed by atoms with Gasteiger partial charge in [-0.1, -0.05) is 0 Å². The van der Waals surface area contributed by atoms with Gasteiger partial charge in [-0.05, 0) is 37.2 Å². The molecule has 2 unspecified atom stereocenters.